The second-order valence-corrected chi connectivity index (χ2v) is 13.6. The molecule has 2 bridgehead atoms. The zero-order valence-electron chi connectivity index (χ0n) is 24.7. The number of hydrogen-bond donors (Lipinski definition) is 3. The van der Waals surface area contributed by atoms with E-state index in [9.17, 15) is 34.8 Å². The van der Waals surface area contributed by atoms with Crippen LogP contribution in [0.3, 0.4) is 0 Å². The normalized spacial score (nSPS) is 22.9. The van der Waals surface area contributed by atoms with Gasteiger partial charge in [-0.05, 0) is 44.7 Å². The molecule has 0 amide bonds. The lowest BCUT2D eigenvalue weighted by molar-refractivity contribution is -0.193. The Morgan fingerprint density at radius 3 is 2.09 bits per heavy atom. The predicted molar refractivity (Wildman–Crippen MR) is 155 cm³/mol. The third kappa shape index (κ3) is 8.24. The standard InChI is InChI=1S/C23H27ClN6O2S.2C2HF3O2/c1-13-7-19-18(11-29(13)20-10-21(24)28-23-17(20)5-6-25-23)22(27-12-26-19)14-8-15-3-4-16(9-14)30(15)33(2,31)32;2*3-2(4,5)1(6)7/h5-6,10,12-16H,3-4,7-9,11H2,1-2H3,(H,25,28);2*(H,6,7)/t13-,14?,15-,16+;;/m1../s1. The van der Waals surface area contributed by atoms with Crippen LogP contribution < -0.4 is 4.90 Å². The second kappa shape index (κ2) is 13.4. The largest absolute Gasteiger partial charge is 0.490 e. The number of carboxylic acid groups (broad SMARTS) is 2. The van der Waals surface area contributed by atoms with Crippen molar-refractivity contribution < 1.29 is 54.6 Å². The average molecular weight is 715 g/mol. The molecule has 4 atom stereocenters. The van der Waals surface area contributed by atoms with Gasteiger partial charge in [0.15, 0.2) is 0 Å². The molecule has 47 heavy (non-hydrogen) atoms. The highest BCUT2D eigenvalue weighted by Crippen LogP contribution is 2.45. The van der Waals surface area contributed by atoms with Crippen LogP contribution in [0.25, 0.3) is 11.0 Å². The van der Waals surface area contributed by atoms with Crippen LogP contribution in [0.1, 0.15) is 55.5 Å². The van der Waals surface area contributed by atoms with Gasteiger partial charge in [-0.25, -0.2) is 33.0 Å². The fourth-order valence-electron chi connectivity index (χ4n) is 6.33. The number of sulfonamides is 1. The van der Waals surface area contributed by atoms with Crippen LogP contribution in [0.2, 0.25) is 5.15 Å². The van der Waals surface area contributed by atoms with Gasteiger partial charge in [0.1, 0.15) is 17.1 Å². The summed E-state index contributed by atoms with van der Waals surface area (Å²) in [5, 5.41) is 15.8. The number of pyridine rings is 1. The topological polar surface area (TPSA) is 170 Å². The lowest BCUT2D eigenvalue weighted by atomic mass is 9.85. The number of carboxylic acids is 2. The number of aromatic nitrogens is 4. The number of hydrogen-bond acceptors (Lipinski definition) is 8. The minimum Gasteiger partial charge on any atom is -0.475 e. The Morgan fingerprint density at radius 1 is 1.02 bits per heavy atom. The molecule has 3 aromatic heterocycles. The molecule has 2 fully saturated rings. The number of nitrogens with one attached hydrogen (secondary N) is 1. The maximum absolute atomic E-state index is 12.3. The Morgan fingerprint density at radius 2 is 1.57 bits per heavy atom. The van der Waals surface area contributed by atoms with Gasteiger partial charge in [-0.2, -0.15) is 30.6 Å². The molecule has 0 aromatic carbocycles. The van der Waals surface area contributed by atoms with E-state index in [4.69, 9.17) is 36.4 Å². The molecule has 12 nitrogen and oxygen atoms in total. The molecule has 3 aliphatic rings. The highest BCUT2D eigenvalue weighted by Gasteiger charge is 2.46. The van der Waals surface area contributed by atoms with Crippen LogP contribution in [-0.4, -0.2) is 91.5 Å². The molecule has 3 N–H and O–H groups in total. The summed E-state index contributed by atoms with van der Waals surface area (Å²) in [7, 11) is -3.19. The zero-order valence-corrected chi connectivity index (χ0v) is 26.3. The number of aromatic amines is 1. The molecule has 6 heterocycles. The summed E-state index contributed by atoms with van der Waals surface area (Å²) in [6.07, 6.45) is -0.901. The SMILES string of the molecule is C[C@@H]1Cc2ncnc(C3C[C@H]4CC[C@@H](C3)N4S(C)(=O)=O)c2CN1c1cc(Cl)nc2[nH]ccc12.O=C(O)C(F)(F)F.O=C(O)C(F)(F)F. The van der Waals surface area contributed by atoms with E-state index in [2.05, 4.69) is 26.8 Å². The van der Waals surface area contributed by atoms with Gasteiger partial charge in [-0.15, -0.1) is 0 Å². The number of aliphatic carboxylic acids is 2. The van der Waals surface area contributed by atoms with Crippen LogP contribution in [0.15, 0.2) is 24.7 Å². The lowest BCUT2D eigenvalue weighted by Crippen LogP contribution is -2.46. The summed E-state index contributed by atoms with van der Waals surface area (Å²) in [6, 6.07) is 4.38. The second-order valence-electron chi connectivity index (χ2n) is 11.3. The molecule has 258 valence electrons. The summed E-state index contributed by atoms with van der Waals surface area (Å²) >= 11 is 6.35. The molecule has 3 aliphatic heterocycles. The lowest BCUT2D eigenvalue weighted by Gasteiger charge is -2.40. The van der Waals surface area contributed by atoms with Crippen molar-refractivity contribution in [1.82, 2.24) is 24.2 Å². The van der Waals surface area contributed by atoms with Crippen molar-refractivity contribution in [3.05, 3.63) is 46.8 Å². The zero-order chi connectivity index (χ0) is 35.1. The molecule has 20 heteroatoms. The molecule has 0 spiro atoms. The summed E-state index contributed by atoms with van der Waals surface area (Å²) < 4.78 is 89.9. The first-order valence-corrected chi connectivity index (χ1v) is 16.2. The van der Waals surface area contributed by atoms with Crippen molar-refractivity contribution in [3.8, 4) is 0 Å². The fourth-order valence-corrected chi connectivity index (χ4v) is 7.98. The summed E-state index contributed by atoms with van der Waals surface area (Å²) in [5.41, 5.74) is 5.22. The number of nitrogens with zero attached hydrogens (tertiary/aromatic N) is 5. The highest BCUT2D eigenvalue weighted by atomic mass is 35.5. The minimum atomic E-state index is -5.08. The van der Waals surface area contributed by atoms with Gasteiger partial charge in [0.25, 0.3) is 0 Å². The van der Waals surface area contributed by atoms with Crippen molar-refractivity contribution in [2.24, 2.45) is 0 Å². The van der Waals surface area contributed by atoms with Gasteiger partial charge in [-0.3, -0.25) is 0 Å². The van der Waals surface area contributed by atoms with E-state index < -0.39 is 34.3 Å². The molecule has 1 unspecified atom stereocenters. The Kier molecular flexibility index (Phi) is 10.3. The van der Waals surface area contributed by atoms with Gasteiger partial charge in [0.05, 0.1) is 23.3 Å². The Labute approximate surface area is 268 Å². The number of H-pyrrole nitrogens is 1. The highest BCUT2D eigenvalue weighted by molar-refractivity contribution is 7.88. The smallest absolute Gasteiger partial charge is 0.475 e. The Balaban J connectivity index is 0.000000301. The number of anilines is 1. The predicted octanol–water partition coefficient (Wildman–Crippen LogP) is 4.89. The summed E-state index contributed by atoms with van der Waals surface area (Å²) in [5.74, 6) is -5.26. The first kappa shape index (κ1) is 36.1. The number of fused-ring (bicyclic) bond motifs is 4. The third-order valence-corrected chi connectivity index (χ3v) is 9.68. The van der Waals surface area contributed by atoms with E-state index in [1.807, 2.05) is 18.3 Å². The van der Waals surface area contributed by atoms with Crippen molar-refractivity contribution in [2.45, 2.75) is 82.0 Å². The molecule has 6 rings (SSSR count). The van der Waals surface area contributed by atoms with Gasteiger partial charge >= 0.3 is 24.3 Å². The Hall–Kier alpha value is -3.71. The molecular weight excluding hydrogens is 686 g/mol. The van der Waals surface area contributed by atoms with Crippen LogP contribution in [-0.2, 0) is 32.6 Å². The number of alkyl halides is 6. The first-order valence-electron chi connectivity index (χ1n) is 14.0. The van der Waals surface area contributed by atoms with Crippen molar-refractivity contribution in [3.63, 3.8) is 0 Å². The first-order chi connectivity index (χ1) is 21.7. The van der Waals surface area contributed by atoms with Crippen molar-refractivity contribution in [1.29, 1.82) is 0 Å². The average Bonchev–Trinajstić information content (AvgIpc) is 3.53. The quantitative estimate of drug-likeness (QED) is 0.251. The van der Waals surface area contributed by atoms with Crippen LogP contribution in [0.4, 0.5) is 32.0 Å². The van der Waals surface area contributed by atoms with Crippen LogP contribution >= 0.6 is 11.6 Å². The van der Waals surface area contributed by atoms with Crippen LogP contribution in [0, 0.1) is 0 Å². The molecule has 2 saturated heterocycles. The van der Waals surface area contributed by atoms with E-state index in [0.717, 1.165) is 60.2 Å². The molecule has 0 saturated carbocycles. The van der Waals surface area contributed by atoms with Crippen molar-refractivity contribution >= 4 is 50.3 Å². The van der Waals surface area contributed by atoms with E-state index >= 15 is 0 Å². The summed E-state index contributed by atoms with van der Waals surface area (Å²) in [6.45, 7) is 2.91. The number of rotatable bonds is 3. The van der Waals surface area contributed by atoms with Gasteiger partial charge in [0.2, 0.25) is 10.0 Å². The molecule has 0 radical (unpaired) electrons. The maximum atomic E-state index is 12.3. The molecule has 3 aromatic rings. The van der Waals surface area contributed by atoms with E-state index in [-0.39, 0.29) is 24.0 Å². The number of carbonyl (C=O) groups is 2. The van der Waals surface area contributed by atoms with Crippen LogP contribution in [0.5, 0.6) is 0 Å². The van der Waals surface area contributed by atoms with Gasteiger partial charge in [-0.1, -0.05) is 11.6 Å². The van der Waals surface area contributed by atoms with Crippen molar-refractivity contribution in [2.75, 3.05) is 11.2 Å². The number of piperidine rings is 1. The molecule has 0 aliphatic carbocycles. The maximum Gasteiger partial charge on any atom is 0.490 e. The van der Waals surface area contributed by atoms with Gasteiger partial charge in [0, 0.05) is 54.2 Å². The Bertz CT molecular complexity index is 1720. The minimum absolute atomic E-state index is 0.0754. The monoisotopic (exact) mass is 714 g/mol. The van der Waals surface area contributed by atoms with E-state index in [1.54, 1.807) is 10.6 Å². The third-order valence-electron chi connectivity index (χ3n) is 8.12. The van der Waals surface area contributed by atoms with E-state index in [0.29, 0.717) is 11.7 Å². The van der Waals surface area contributed by atoms with E-state index in [1.165, 1.54) is 11.8 Å². The summed E-state index contributed by atoms with van der Waals surface area (Å²) in [4.78, 5) is 37.2. The molecular formula is C27H29ClF6N6O6S. The fraction of sp³-hybridized carbons (Fsp3) is 0.519. The number of halogens is 7. The van der Waals surface area contributed by atoms with Gasteiger partial charge < -0.3 is 20.1 Å².